The Balaban J connectivity index is 5.02. The number of amides is 1. The third kappa shape index (κ3) is 5.36. The molecule has 0 aromatic carbocycles. The normalized spacial score (nSPS) is 15.6. The van der Waals surface area contributed by atoms with Crippen molar-refractivity contribution in [2.45, 2.75) is 59.5 Å². The Morgan fingerprint density at radius 3 is 2.22 bits per heavy atom. The molecule has 1 amide bonds. The minimum absolute atomic E-state index is 0.0565. The Morgan fingerprint density at radius 1 is 1.33 bits per heavy atom. The van der Waals surface area contributed by atoms with Crippen LogP contribution in [-0.4, -0.2) is 43.0 Å². The number of nitrogens with two attached hydrogens (primary N) is 1. The first kappa shape index (κ1) is 17.4. The molecular formula is C14H31N3O. The maximum atomic E-state index is 11.6. The van der Waals surface area contributed by atoms with Gasteiger partial charge in [-0.05, 0) is 24.8 Å². The minimum Gasteiger partial charge on any atom is -0.358 e. The maximum Gasteiger partial charge on any atom is 0.233 e. The molecule has 2 unspecified atom stereocenters. The van der Waals surface area contributed by atoms with E-state index in [1.54, 1.807) is 7.05 Å². The lowest BCUT2D eigenvalue weighted by Gasteiger charge is -2.43. The zero-order chi connectivity index (χ0) is 14.3. The zero-order valence-corrected chi connectivity index (χ0v) is 12.9. The number of carbonyl (C=O) groups excluding carboxylic acids is 1. The van der Waals surface area contributed by atoms with Crippen LogP contribution in [0.3, 0.4) is 0 Å². The molecule has 0 radical (unpaired) electrons. The van der Waals surface area contributed by atoms with Gasteiger partial charge in [0.15, 0.2) is 0 Å². The molecule has 18 heavy (non-hydrogen) atoms. The monoisotopic (exact) mass is 257 g/mol. The van der Waals surface area contributed by atoms with Crippen molar-refractivity contribution < 1.29 is 4.79 Å². The Kier molecular flexibility index (Phi) is 7.48. The average Bonchev–Trinajstić information content (AvgIpc) is 2.27. The fraction of sp³-hybridized carbons (Fsp3) is 0.929. The number of hydrogen-bond acceptors (Lipinski definition) is 3. The fourth-order valence-electron chi connectivity index (χ4n) is 2.55. The van der Waals surface area contributed by atoms with Crippen molar-refractivity contribution in [1.29, 1.82) is 0 Å². The number of rotatable bonds is 7. The van der Waals surface area contributed by atoms with E-state index in [9.17, 15) is 4.79 Å². The van der Waals surface area contributed by atoms with E-state index in [0.29, 0.717) is 6.54 Å². The van der Waals surface area contributed by atoms with Gasteiger partial charge in [-0.2, -0.15) is 0 Å². The number of likely N-dealkylation sites (N-methyl/N-ethyl adjacent to an activating group) is 1. The van der Waals surface area contributed by atoms with E-state index >= 15 is 0 Å². The first-order valence-electron chi connectivity index (χ1n) is 6.98. The van der Waals surface area contributed by atoms with Crippen LogP contribution in [0.25, 0.3) is 0 Å². The quantitative estimate of drug-likeness (QED) is 0.728. The molecule has 4 heteroatoms. The van der Waals surface area contributed by atoms with E-state index in [2.05, 4.69) is 44.8 Å². The molecule has 0 saturated carbocycles. The molecule has 0 aliphatic carbocycles. The van der Waals surface area contributed by atoms with Crippen LogP contribution in [-0.2, 0) is 4.79 Å². The molecule has 0 aromatic heterocycles. The maximum absolute atomic E-state index is 11.6. The van der Waals surface area contributed by atoms with E-state index in [4.69, 9.17) is 5.73 Å². The standard InChI is InChI=1S/C14H31N3O/c1-7-9-17(10-12(18)16-6)13(11(15)8-2)14(3,4)5/h11,13H,7-10,15H2,1-6H3,(H,16,18). The van der Waals surface area contributed by atoms with Crippen LogP contribution in [0.1, 0.15) is 47.5 Å². The SMILES string of the molecule is CCCN(CC(=O)NC)C(C(N)CC)C(C)(C)C. The van der Waals surface area contributed by atoms with Crippen LogP contribution in [0.2, 0.25) is 0 Å². The van der Waals surface area contributed by atoms with Crippen LogP contribution >= 0.6 is 0 Å². The summed E-state index contributed by atoms with van der Waals surface area (Å²) in [4.78, 5) is 13.9. The van der Waals surface area contributed by atoms with Gasteiger partial charge in [0, 0.05) is 19.1 Å². The number of nitrogens with one attached hydrogen (secondary N) is 1. The van der Waals surface area contributed by atoms with Crippen LogP contribution in [0.5, 0.6) is 0 Å². The van der Waals surface area contributed by atoms with Crippen LogP contribution in [0.15, 0.2) is 0 Å². The van der Waals surface area contributed by atoms with Gasteiger partial charge in [0.25, 0.3) is 0 Å². The second-order valence-corrected chi connectivity index (χ2v) is 6.03. The van der Waals surface area contributed by atoms with Crippen molar-refractivity contribution in [3.05, 3.63) is 0 Å². The number of carbonyl (C=O) groups is 1. The average molecular weight is 257 g/mol. The fourth-order valence-corrected chi connectivity index (χ4v) is 2.55. The molecule has 3 N–H and O–H groups in total. The molecule has 2 atom stereocenters. The topological polar surface area (TPSA) is 58.4 Å². The van der Waals surface area contributed by atoms with Gasteiger partial charge in [0.1, 0.15) is 0 Å². The first-order valence-corrected chi connectivity index (χ1v) is 6.98. The van der Waals surface area contributed by atoms with Crippen molar-refractivity contribution in [2.75, 3.05) is 20.1 Å². The molecule has 0 aromatic rings. The molecule has 0 aliphatic heterocycles. The molecule has 0 saturated heterocycles. The predicted molar refractivity (Wildman–Crippen MR) is 77.4 cm³/mol. The summed E-state index contributed by atoms with van der Waals surface area (Å²) in [7, 11) is 1.68. The Morgan fingerprint density at radius 2 is 1.89 bits per heavy atom. The number of nitrogens with zero attached hydrogens (tertiary/aromatic N) is 1. The number of hydrogen-bond donors (Lipinski definition) is 2. The lowest BCUT2D eigenvalue weighted by molar-refractivity contribution is -0.123. The first-order chi connectivity index (χ1) is 8.27. The third-order valence-electron chi connectivity index (χ3n) is 3.29. The van der Waals surface area contributed by atoms with Gasteiger partial charge in [-0.15, -0.1) is 0 Å². The summed E-state index contributed by atoms with van der Waals surface area (Å²) in [5, 5.41) is 2.70. The molecule has 0 fully saturated rings. The highest BCUT2D eigenvalue weighted by Gasteiger charge is 2.34. The Hall–Kier alpha value is -0.610. The van der Waals surface area contributed by atoms with Gasteiger partial charge < -0.3 is 11.1 Å². The molecule has 4 nitrogen and oxygen atoms in total. The van der Waals surface area contributed by atoms with Gasteiger partial charge in [-0.25, -0.2) is 0 Å². The Bertz CT molecular complexity index is 248. The Labute approximate surface area is 112 Å². The minimum atomic E-state index is 0.0565. The highest BCUT2D eigenvalue weighted by atomic mass is 16.1. The summed E-state index contributed by atoms with van der Waals surface area (Å²) in [6, 6.07) is 0.320. The molecular weight excluding hydrogens is 226 g/mol. The highest BCUT2D eigenvalue weighted by Crippen LogP contribution is 2.27. The van der Waals surface area contributed by atoms with Gasteiger partial charge in [-0.1, -0.05) is 34.6 Å². The molecule has 0 heterocycles. The van der Waals surface area contributed by atoms with Crippen LogP contribution < -0.4 is 11.1 Å². The lowest BCUT2D eigenvalue weighted by atomic mass is 9.80. The van der Waals surface area contributed by atoms with Crippen molar-refractivity contribution >= 4 is 5.91 Å². The summed E-state index contributed by atoms with van der Waals surface area (Å²) in [5.41, 5.74) is 6.35. The zero-order valence-electron chi connectivity index (χ0n) is 12.9. The second kappa shape index (κ2) is 7.74. The second-order valence-electron chi connectivity index (χ2n) is 6.03. The van der Waals surface area contributed by atoms with E-state index < -0.39 is 0 Å². The van der Waals surface area contributed by atoms with Gasteiger partial charge >= 0.3 is 0 Å². The molecule has 0 rings (SSSR count). The lowest BCUT2D eigenvalue weighted by Crippen LogP contribution is -2.56. The van der Waals surface area contributed by atoms with Crippen molar-refractivity contribution in [1.82, 2.24) is 10.2 Å². The molecule has 108 valence electrons. The van der Waals surface area contributed by atoms with Gasteiger partial charge in [0.2, 0.25) is 5.91 Å². The highest BCUT2D eigenvalue weighted by molar-refractivity contribution is 5.77. The molecule has 0 spiro atoms. The largest absolute Gasteiger partial charge is 0.358 e. The molecule has 0 bridgehead atoms. The molecule has 0 aliphatic rings. The van der Waals surface area contributed by atoms with Crippen LogP contribution in [0.4, 0.5) is 0 Å². The van der Waals surface area contributed by atoms with E-state index in [1.165, 1.54) is 0 Å². The summed E-state index contributed by atoms with van der Waals surface area (Å²) < 4.78 is 0. The van der Waals surface area contributed by atoms with E-state index in [1.807, 2.05) is 0 Å². The summed E-state index contributed by atoms with van der Waals surface area (Å²) >= 11 is 0. The smallest absolute Gasteiger partial charge is 0.233 e. The van der Waals surface area contributed by atoms with E-state index in [-0.39, 0.29) is 23.4 Å². The van der Waals surface area contributed by atoms with Gasteiger partial charge in [0.05, 0.1) is 6.54 Å². The predicted octanol–water partition coefficient (Wildman–Crippen LogP) is 1.60. The summed E-state index contributed by atoms with van der Waals surface area (Å²) in [5.74, 6) is 0.0565. The van der Waals surface area contributed by atoms with Crippen LogP contribution in [0, 0.1) is 5.41 Å². The van der Waals surface area contributed by atoms with E-state index in [0.717, 1.165) is 19.4 Å². The van der Waals surface area contributed by atoms with Crippen molar-refractivity contribution in [2.24, 2.45) is 11.1 Å². The summed E-state index contributed by atoms with van der Waals surface area (Å²) in [6.45, 7) is 12.2. The van der Waals surface area contributed by atoms with Gasteiger partial charge in [-0.3, -0.25) is 9.69 Å². The third-order valence-corrected chi connectivity index (χ3v) is 3.29. The van der Waals surface area contributed by atoms with Crippen molar-refractivity contribution in [3.63, 3.8) is 0 Å². The van der Waals surface area contributed by atoms with Crippen molar-refractivity contribution in [3.8, 4) is 0 Å². The summed E-state index contributed by atoms with van der Waals surface area (Å²) in [6.07, 6.45) is 1.95.